The standard InChI is InChI=1S/C11H20N2O/c1-6-13-8-9(7-12-13)11(5,14)10(2,3)4/h7-8,14H,6H2,1-5H3. The van der Waals surface area contributed by atoms with Gasteiger partial charge in [-0.15, -0.1) is 0 Å². The van der Waals surface area contributed by atoms with E-state index < -0.39 is 5.60 Å². The van der Waals surface area contributed by atoms with E-state index in [-0.39, 0.29) is 5.41 Å². The fourth-order valence-electron chi connectivity index (χ4n) is 1.22. The fourth-order valence-corrected chi connectivity index (χ4v) is 1.22. The van der Waals surface area contributed by atoms with Gasteiger partial charge in [-0.1, -0.05) is 20.8 Å². The molecule has 0 saturated heterocycles. The molecule has 14 heavy (non-hydrogen) atoms. The van der Waals surface area contributed by atoms with Crippen molar-refractivity contribution in [1.82, 2.24) is 9.78 Å². The molecule has 0 bridgehead atoms. The van der Waals surface area contributed by atoms with Crippen molar-refractivity contribution in [3.63, 3.8) is 0 Å². The van der Waals surface area contributed by atoms with Crippen LogP contribution in [0.1, 0.15) is 40.2 Å². The summed E-state index contributed by atoms with van der Waals surface area (Å²) >= 11 is 0. The van der Waals surface area contributed by atoms with E-state index in [0.717, 1.165) is 12.1 Å². The minimum absolute atomic E-state index is 0.186. The van der Waals surface area contributed by atoms with Crippen LogP contribution in [0.4, 0.5) is 0 Å². The van der Waals surface area contributed by atoms with Crippen molar-refractivity contribution in [2.45, 2.75) is 46.8 Å². The van der Waals surface area contributed by atoms with Gasteiger partial charge in [-0.25, -0.2) is 0 Å². The van der Waals surface area contributed by atoms with Crippen molar-refractivity contribution in [1.29, 1.82) is 0 Å². The minimum atomic E-state index is -0.833. The minimum Gasteiger partial charge on any atom is -0.385 e. The average Bonchev–Trinajstić information content (AvgIpc) is 2.49. The number of rotatable bonds is 2. The number of aryl methyl sites for hydroxylation is 1. The molecule has 0 amide bonds. The molecule has 0 spiro atoms. The molecule has 3 nitrogen and oxygen atoms in total. The van der Waals surface area contributed by atoms with Crippen LogP contribution in [-0.2, 0) is 12.1 Å². The van der Waals surface area contributed by atoms with E-state index in [1.165, 1.54) is 0 Å². The summed E-state index contributed by atoms with van der Waals surface area (Å²) < 4.78 is 1.83. The topological polar surface area (TPSA) is 38.0 Å². The Kier molecular flexibility index (Phi) is 2.72. The first kappa shape index (κ1) is 11.2. The van der Waals surface area contributed by atoms with E-state index in [0.29, 0.717) is 0 Å². The van der Waals surface area contributed by atoms with Gasteiger partial charge < -0.3 is 5.11 Å². The summed E-state index contributed by atoms with van der Waals surface area (Å²) in [6.07, 6.45) is 3.65. The second-order valence-corrected chi connectivity index (χ2v) is 4.91. The van der Waals surface area contributed by atoms with Crippen molar-refractivity contribution >= 4 is 0 Å². The molecule has 1 heterocycles. The van der Waals surface area contributed by atoms with E-state index in [2.05, 4.69) is 5.10 Å². The van der Waals surface area contributed by atoms with Crippen LogP contribution >= 0.6 is 0 Å². The van der Waals surface area contributed by atoms with E-state index in [4.69, 9.17) is 0 Å². The molecule has 1 atom stereocenters. The Balaban J connectivity index is 3.04. The molecule has 1 aromatic rings. The molecule has 1 rings (SSSR count). The molecular weight excluding hydrogens is 176 g/mol. The van der Waals surface area contributed by atoms with Gasteiger partial charge in [-0.2, -0.15) is 5.10 Å². The lowest BCUT2D eigenvalue weighted by atomic mass is 9.74. The van der Waals surface area contributed by atoms with Crippen molar-refractivity contribution in [3.8, 4) is 0 Å². The molecular formula is C11H20N2O. The molecule has 0 fully saturated rings. The molecule has 1 aromatic heterocycles. The second kappa shape index (κ2) is 3.39. The van der Waals surface area contributed by atoms with Crippen LogP contribution in [-0.4, -0.2) is 14.9 Å². The zero-order chi connectivity index (χ0) is 11.0. The van der Waals surface area contributed by atoms with Crippen LogP contribution < -0.4 is 0 Å². The summed E-state index contributed by atoms with van der Waals surface area (Å²) in [5.41, 5.74) is -0.137. The van der Waals surface area contributed by atoms with Gasteiger partial charge in [0, 0.05) is 18.3 Å². The first-order valence-corrected chi connectivity index (χ1v) is 5.04. The van der Waals surface area contributed by atoms with Crippen LogP contribution in [0.5, 0.6) is 0 Å². The number of aliphatic hydroxyl groups is 1. The summed E-state index contributed by atoms with van der Waals surface area (Å²) in [7, 11) is 0. The van der Waals surface area contributed by atoms with Crippen molar-refractivity contribution in [2.75, 3.05) is 0 Å². The third-order valence-corrected chi connectivity index (χ3v) is 2.98. The second-order valence-electron chi connectivity index (χ2n) is 4.91. The third-order valence-electron chi connectivity index (χ3n) is 2.98. The molecule has 0 aliphatic carbocycles. The monoisotopic (exact) mass is 196 g/mol. The highest BCUT2D eigenvalue weighted by molar-refractivity contribution is 5.17. The zero-order valence-corrected chi connectivity index (χ0v) is 9.70. The number of aromatic nitrogens is 2. The van der Waals surface area contributed by atoms with Gasteiger partial charge in [0.25, 0.3) is 0 Å². The summed E-state index contributed by atoms with van der Waals surface area (Å²) in [6, 6.07) is 0. The molecule has 80 valence electrons. The zero-order valence-electron chi connectivity index (χ0n) is 9.70. The molecule has 0 aromatic carbocycles. The highest BCUT2D eigenvalue weighted by Crippen LogP contribution is 2.38. The Bertz CT molecular complexity index is 307. The maximum Gasteiger partial charge on any atom is 0.0946 e. The van der Waals surface area contributed by atoms with Gasteiger partial charge in [0.05, 0.1) is 11.8 Å². The normalized spacial score (nSPS) is 16.7. The van der Waals surface area contributed by atoms with Crippen molar-refractivity contribution < 1.29 is 5.11 Å². The summed E-state index contributed by atoms with van der Waals surface area (Å²) in [5, 5.41) is 14.5. The quantitative estimate of drug-likeness (QED) is 0.787. The van der Waals surface area contributed by atoms with E-state index in [1.807, 2.05) is 45.5 Å². The first-order valence-electron chi connectivity index (χ1n) is 5.04. The van der Waals surface area contributed by atoms with Gasteiger partial charge in [-0.05, 0) is 19.3 Å². The fraction of sp³-hybridized carbons (Fsp3) is 0.727. The van der Waals surface area contributed by atoms with Crippen LogP contribution in [0, 0.1) is 5.41 Å². The Hall–Kier alpha value is -0.830. The SMILES string of the molecule is CCn1cc(C(C)(O)C(C)(C)C)cn1. The molecule has 1 unspecified atom stereocenters. The average molecular weight is 196 g/mol. The van der Waals surface area contributed by atoms with E-state index in [1.54, 1.807) is 6.20 Å². The third kappa shape index (κ3) is 1.82. The van der Waals surface area contributed by atoms with Crippen molar-refractivity contribution in [3.05, 3.63) is 18.0 Å². The lowest BCUT2D eigenvalue weighted by Crippen LogP contribution is -2.36. The van der Waals surface area contributed by atoms with Crippen LogP contribution in [0.2, 0.25) is 0 Å². The molecule has 0 radical (unpaired) electrons. The van der Waals surface area contributed by atoms with E-state index in [9.17, 15) is 5.11 Å². The maximum absolute atomic E-state index is 10.4. The Morgan fingerprint density at radius 3 is 2.29 bits per heavy atom. The summed E-state index contributed by atoms with van der Waals surface area (Å²) in [4.78, 5) is 0. The first-order chi connectivity index (χ1) is 6.29. The Morgan fingerprint density at radius 2 is 1.93 bits per heavy atom. The van der Waals surface area contributed by atoms with Crippen molar-refractivity contribution in [2.24, 2.45) is 5.41 Å². The van der Waals surface area contributed by atoms with Gasteiger partial charge in [0.1, 0.15) is 0 Å². The number of hydrogen-bond acceptors (Lipinski definition) is 2. The van der Waals surface area contributed by atoms with E-state index >= 15 is 0 Å². The largest absolute Gasteiger partial charge is 0.385 e. The maximum atomic E-state index is 10.4. The van der Waals surface area contributed by atoms with Gasteiger partial charge in [0.2, 0.25) is 0 Å². The van der Waals surface area contributed by atoms with Gasteiger partial charge >= 0.3 is 0 Å². The summed E-state index contributed by atoms with van der Waals surface area (Å²) in [6.45, 7) is 10.8. The number of hydrogen-bond donors (Lipinski definition) is 1. The van der Waals surface area contributed by atoms with Crippen LogP contribution in [0.15, 0.2) is 12.4 Å². The van der Waals surface area contributed by atoms with Gasteiger partial charge in [-0.3, -0.25) is 4.68 Å². The highest BCUT2D eigenvalue weighted by Gasteiger charge is 2.37. The predicted octanol–water partition coefficient (Wildman–Crippen LogP) is 2.16. The Morgan fingerprint density at radius 1 is 1.36 bits per heavy atom. The summed E-state index contributed by atoms with van der Waals surface area (Å²) in [5.74, 6) is 0. The lowest BCUT2D eigenvalue weighted by molar-refractivity contribution is -0.0470. The lowest BCUT2D eigenvalue weighted by Gasteiger charge is -2.36. The molecule has 0 aliphatic rings. The highest BCUT2D eigenvalue weighted by atomic mass is 16.3. The predicted molar refractivity (Wildman–Crippen MR) is 56.9 cm³/mol. The number of nitrogens with zero attached hydrogens (tertiary/aromatic N) is 2. The molecule has 0 saturated carbocycles. The van der Waals surface area contributed by atoms with Crippen LogP contribution in [0.25, 0.3) is 0 Å². The molecule has 3 heteroatoms. The molecule has 0 aliphatic heterocycles. The van der Waals surface area contributed by atoms with Gasteiger partial charge in [0.15, 0.2) is 0 Å². The Labute approximate surface area is 85.8 Å². The smallest absolute Gasteiger partial charge is 0.0946 e. The molecule has 1 N–H and O–H groups in total. The van der Waals surface area contributed by atoms with Crippen LogP contribution in [0.3, 0.4) is 0 Å².